The van der Waals surface area contributed by atoms with Crippen LogP contribution >= 0.6 is 11.3 Å². The van der Waals surface area contributed by atoms with Crippen molar-refractivity contribution in [3.63, 3.8) is 0 Å². The maximum Gasteiger partial charge on any atom is 0.240 e. The predicted molar refractivity (Wildman–Crippen MR) is 125 cm³/mol. The summed E-state index contributed by atoms with van der Waals surface area (Å²) >= 11 is 1.62. The van der Waals surface area contributed by atoms with Crippen molar-refractivity contribution in [2.24, 2.45) is 0 Å². The van der Waals surface area contributed by atoms with Crippen molar-refractivity contribution in [2.75, 3.05) is 26.3 Å². The molecule has 2 aliphatic heterocycles. The third-order valence-electron chi connectivity index (χ3n) is 5.87. The summed E-state index contributed by atoms with van der Waals surface area (Å²) in [5.74, 6) is 0.873. The molecule has 0 radical (unpaired) electrons. The molecule has 2 aliphatic rings. The van der Waals surface area contributed by atoms with E-state index >= 15 is 0 Å². The van der Waals surface area contributed by atoms with Gasteiger partial charge in [-0.2, -0.15) is 0 Å². The van der Waals surface area contributed by atoms with Crippen LogP contribution in [-0.4, -0.2) is 50.5 Å². The van der Waals surface area contributed by atoms with Gasteiger partial charge in [0.2, 0.25) is 15.9 Å². The molecule has 174 valence electrons. The fourth-order valence-electron chi connectivity index (χ4n) is 4.23. The molecule has 0 unspecified atom stereocenters. The Labute approximate surface area is 196 Å². The van der Waals surface area contributed by atoms with Crippen molar-refractivity contribution in [1.82, 2.24) is 14.6 Å². The molecule has 1 atom stereocenters. The number of hydrogen-bond donors (Lipinski definition) is 1. The summed E-state index contributed by atoms with van der Waals surface area (Å²) in [6.07, 6.45) is 2.94. The van der Waals surface area contributed by atoms with Gasteiger partial charge in [0.05, 0.1) is 21.2 Å². The number of para-hydroxylation sites is 1. The zero-order valence-electron chi connectivity index (χ0n) is 18.0. The first-order chi connectivity index (χ1) is 16.0. The minimum Gasteiger partial charge on any atom is -0.486 e. The average molecular weight is 488 g/mol. The van der Waals surface area contributed by atoms with E-state index in [0.29, 0.717) is 31.3 Å². The lowest BCUT2D eigenvalue weighted by Gasteiger charge is -2.34. The van der Waals surface area contributed by atoms with Crippen LogP contribution in [0.5, 0.6) is 11.5 Å². The van der Waals surface area contributed by atoms with E-state index in [-0.39, 0.29) is 29.8 Å². The second kappa shape index (κ2) is 9.28. The van der Waals surface area contributed by atoms with Crippen LogP contribution in [0.4, 0.5) is 0 Å². The first-order valence-corrected chi connectivity index (χ1v) is 13.4. The fraction of sp³-hybridized carbons (Fsp3) is 0.391. The lowest BCUT2D eigenvalue weighted by molar-refractivity contribution is -0.134. The molecular weight excluding hydrogens is 462 g/mol. The molecular formula is C23H25N3O5S2. The molecule has 3 heterocycles. The minimum atomic E-state index is -3.77. The van der Waals surface area contributed by atoms with E-state index in [4.69, 9.17) is 14.5 Å². The van der Waals surface area contributed by atoms with Gasteiger partial charge >= 0.3 is 0 Å². The lowest BCUT2D eigenvalue weighted by atomic mass is 10.0. The van der Waals surface area contributed by atoms with Gasteiger partial charge < -0.3 is 14.4 Å². The molecule has 5 rings (SSSR count). The van der Waals surface area contributed by atoms with Gasteiger partial charge in [0.1, 0.15) is 18.2 Å². The first-order valence-electron chi connectivity index (χ1n) is 11.1. The number of amides is 1. The standard InChI is InChI=1S/C23H25N3O5S2/c27-22(10-11-24-33(28,29)16-8-9-19-20(15-16)31-14-13-30-19)26-12-4-3-6-18(26)23-25-17-5-1-2-7-21(17)32-23/h1-2,5,7-9,15,18,24H,3-4,6,10-14H2/t18-/m1/s1. The molecule has 3 aromatic rings. The fourth-order valence-corrected chi connectivity index (χ4v) is 6.39. The van der Waals surface area contributed by atoms with Crippen LogP contribution in [0.2, 0.25) is 0 Å². The summed E-state index contributed by atoms with van der Waals surface area (Å²) in [6, 6.07) is 12.4. The van der Waals surface area contributed by atoms with Gasteiger partial charge in [0.15, 0.2) is 11.5 Å². The van der Waals surface area contributed by atoms with Gasteiger partial charge in [-0.1, -0.05) is 12.1 Å². The molecule has 0 spiro atoms. The molecule has 1 saturated heterocycles. The summed E-state index contributed by atoms with van der Waals surface area (Å²) in [5, 5.41) is 0.945. The molecule has 8 nitrogen and oxygen atoms in total. The number of carbonyl (C=O) groups excluding carboxylic acids is 1. The summed E-state index contributed by atoms with van der Waals surface area (Å²) in [5.41, 5.74) is 0.947. The van der Waals surface area contributed by atoms with Crippen LogP contribution in [0.25, 0.3) is 10.2 Å². The van der Waals surface area contributed by atoms with Crippen molar-refractivity contribution in [1.29, 1.82) is 0 Å². The van der Waals surface area contributed by atoms with Crippen LogP contribution in [0, 0.1) is 0 Å². The Morgan fingerprint density at radius 1 is 1.12 bits per heavy atom. The molecule has 10 heteroatoms. The van der Waals surface area contributed by atoms with E-state index in [1.807, 2.05) is 29.2 Å². The predicted octanol–water partition coefficient (Wildman–Crippen LogP) is 3.49. The summed E-state index contributed by atoms with van der Waals surface area (Å²) in [4.78, 5) is 19.7. The lowest BCUT2D eigenvalue weighted by Crippen LogP contribution is -2.40. The topological polar surface area (TPSA) is 97.8 Å². The highest BCUT2D eigenvalue weighted by molar-refractivity contribution is 7.89. The Hall–Kier alpha value is -2.69. The third kappa shape index (κ3) is 4.68. The second-order valence-electron chi connectivity index (χ2n) is 8.07. The number of piperidine rings is 1. The zero-order chi connectivity index (χ0) is 22.8. The number of carbonyl (C=O) groups is 1. The Bertz CT molecular complexity index is 1240. The number of sulfonamides is 1. The van der Waals surface area contributed by atoms with Gasteiger partial charge in [-0.15, -0.1) is 11.3 Å². The summed E-state index contributed by atoms with van der Waals surface area (Å²) in [7, 11) is -3.77. The Morgan fingerprint density at radius 3 is 2.79 bits per heavy atom. The van der Waals surface area contributed by atoms with E-state index in [0.717, 1.165) is 34.5 Å². The number of hydrogen-bond acceptors (Lipinski definition) is 7. The maximum atomic E-state index is 13.0. The number of likely N-dealkylation sites (tertiary alicyclic amines) is 1. The van der Waals surface area contributed by atoms with E-state index in [9.17, 15) is 13.2 Å². The Morgan fingerprint density at radius 2 is 1.94 bits per heavy atom. The molecule has 0 aliphatic carbocycles. The van der Waals surface area contributed by atoms with Gasteiger partial charge in [0.25, 0.3) is 0 Å². The maximum absolute atomic E-state index is 13.0. The summed E-state index contributed by atoms with van der Waals surface area (Å²) < 4.78 is 40.0. The Kier molecular flexibility index (Phi) is 6.22. The van der Waals surface area contributed by atoms with Crippen LogP contribution in [0.15, 0.2) is 47.4 Å². The van der Waals surface area contributed by atoms with E-state index in [1.165, 1.54) is 12.1 Å². The number of nitrogens with zero attached hydrogens (tertiary/aromatic N) is 2. The number of aromatic nitrogens is 1. The SMILES string of the molecule is O=C(CCNS(=O)(=O)c1ccc2c(c1)OCCO2)N1CCCC[C@@H]1c1nc2ccccc2s1. The quantitative estimate of drug-likeness (QED) is 0.572. The van der Waals surface area contributed by atoms with E-state index in [2.05, 4.69) is 4.72 Å². The highest BCUT2D eigenvalue weighted by Gasteiger charge is 2.30. The smallest absolute Gasteiger partial charge is 0.240 e. The van der Waals surface area contributed by atoms with Crippen molar-refractivity contribution < 1.29 is 22.7 Å². The van der Waals surface area contributed by atoms with Crippen LogP contribution in [0.3, 0.4) is 0 Å². The first kappa shape index (κ1) is 22.1. The molecule has 2 aromatic carbocycles. The minimum absolute atomic E-state index is 0.0265. The molecule has 0 saturated carbocycles. The number of ether oxygens (including phenoxy) is 2. The van der Waals surface area contributed by atoms with Gasteiger partial charge in [-0.3, -0.25) is 4.79 Å². The number of nitrogens with one attached hydrogen (secondary N) is 1. The van der Waals surface area contributed by atoms with Crippen molar-refractivity contribution >= 4 is 37.5 Å². The molecule has 1 fully saturated rings. The number of fused-ring (bicyclic) bond motifs is 2. The second-order valence-corrected chi connectivity index (χ2v) is 10.9. The van der Waals surface area contributed by atoms with Gasteiger partial charge in [-0.25, -0.2) is 18.1 Å². The van der Waals surface area contributed by atoms with Crippen LogP contribution in [0.1, 0.15) is 36.7 Å². The zero-order valence-corrected chi connectivity index (χ0v) is 19.7. The van der Waals surface area contributed by atoms with Crippen molar-refractivity contribution in [2.45, 2.75) is 36.6 Å². The number of rotatable bonds is 6. The van der Waals surface area contributed by atoms with Gasteiger partial charge in [0, 0.05) is 25.6 Å². The van der Waals surface area contributed by atoms with Crippen molar-refractivity contribution in [3.8, 4) is 11.5 Å². The highest BCUT2D eigenvalue weighted by Crippen LogP contribution is 2.36. The molecule has 1 aromatic heterocycles. The number of benzene rings is 2. The molecule has 1 amide bonds. The van der Waals surface area contributed by atoms with Gasteiger partial charge in [-0.05, 0) is 43.5 Å². The van der Waals surface area contributed by atoms with Crippen LogP contribution < -0.4 is 14.2 Å². The monoisotopic (exact) mass is 487 g/mol. The molecule has 33 heavy (non-hydrogen) atoms. The summed E-state index contributed by atoms with van der Waals surface area (Å²) in [6.45, 7) is 1.51. The van der Waals surface area contributed by atoms with E-state index in [1.54, 1.807) is 17.4 Å². The third-order valence-corrected chi connectivity index (χ3v) is 8.47. The van der Waals surface area contributed by atoms with Crippen LogP contribution in [-0.2, 0) is 14.8 Å². The normalized spacial score (nSPS) is 18.4. The largest absolute Gasteiger partial charge is 0.486 e. The molecule has 0 bridgehead atoms. The average Bonchev–Trinajstić information content (AvgIpc) is 3.28. The molecule has 1 N–H and O–H groups in total. The highest BCUT2D eigenvalue weighted by atomic mass is 32.2. The number of thiazole rings is 1. The van der Waals surface area contributed by atoms with Crippen molar-refractivity contribution in [3.05, 3.63) is 47.5 Å². The Balaban J connectivity index is 1.24. The van der Waals surface area contributed by atoms with E-state index < -0.39 is 10.0 Å².